The summed E-state index contributed by atoms with van der Waals surface area (Å²) in [5.41, 5.74) is 2.01. The van der Waals surface area contributed by atoms with E-state index in [0.717, 1.165) is 11.0 Å². The summed E-state index contributed by atoms with van der Waals surface area (Å²) >= 11 is 0. The van der Waals surface area contributed by atoms with Crippen molar-refractivity contribution in [2.45, 2.75) is 6.92 Å². The van der Waals surface area contributed by atoms with Crippen LogP contribution in [0.1, 0.15) is 27.9 Å². The Kier molecular flexibility index (Phi) is 2.78. The second-order valence-electron chi connectivity index (χ2n) is 4.37. The summed E-state index contributed by atoms with van der Waals surface area (Å²) in [7, 11) is 1.84. The van der Waals surface area contributed by atoms with E-state index >= 15 is 0 Å². The predicted octanol–water partition coefficient (Wildman–Crippen LogP) is 1.82. The molecule has 3 aromatic rings. The molecular formula is C14H13N3O3. The van der Waals surface area contributed by atoms with Gasteiger partial charge in [0.2, 0.25) is 5.78 Å². The summed E-state index contributed by atoms with van der Waals surface area (Å²) in [5.74, 6) is -0.00481. The van der Waals surface area contributed by atoms with Crippen molar-refractivity contribution in [1.29, 1.82) is 0 Å². The molecule has 0 aliphatic heterocycles. The van der Waals surface area contributed by atoms with Gasteiger partial charge in [-0.1, -0.05) is 12.1 Å². The van der Waals surface area contributed by atoms with Crippen LogP contribution in [-0.2, 0) is 11.8 Å². The highest BCUT2D eigenvalue weighted by Crippen LogP contribution is 2.23. The molecule has 0 saturated heterocycles. The summed E-state index contributed by atoms with van der Waals surface area (Å²) in [6, 6.07) is 7.59. The number of carbonyl (C=O) groups is 2. The molecule has 0 fully saturated rings. The number of rotatable bonds is 3. The van der Waals surface area contributed by atoms with Gasteiger partial charge in [-0.05, 0) is 19.1 Å². The summed E-state index contributed by atoms with van der Waals surface area (Å²) in [6.07, 6.45) is 0.577. The number of para-hydroxylation sites is 2. The number of aromatic nitrogens is 3. The van der Waals surface area contributed by atoms with Crippen LogP contribution in [-0.4, -0.2) is 32.8 Å². The highest BCUT2D eigenvalue weighted by Gasteiger charge is 2.24. The monoisotopic (exact) mass is 271 g/mol. The Hall–Kier alpha value is -2.63. The Bertz CT molecular complexity index is 829. The van der Waals surface area contributed by atoms with Crippen LogP contribution in [0.3, 0.4) is 0 Å². The van der Waals surface area contributed by atoms with Crippen LogP contribution in [0.2, 0.25) is 0 Å². The second kappa shape index (κ2) is 4.48. The summed E-state index contributed by atoms with van der Waals surface area (Å²) in [6.45, 7) is 1.97. The molecule has 3 rings (SSSR count). The number of fused-ring (bicyclic) bond motifs is 3. The molecule has 0 radical (unpaired) electrons. The van der Waals surface area contributed by atoms with E-state index < -0.39 is 5.97 Å². The molecule has 0 saturated carbocycles. The van der Waals surface area contributed by atoms with Gasteiger partial charge in [-0.25, -0.2) is 9.78 Å². The maximum Gasteiger partial charge on any atom is 0.357 e. The minimum Gasteiger partial charge on any atom is -0.461 e. The molecule has 0 bridgehead atoms. The molecule has 0 N–H and O–H groups in total. The molecule has 0 amide bonds. The normalized spacial score (nSPS) is 11.1. The number of ether oxygens (including phenoxy) is 1. The van der Waals surface area contributed by atoms with Crippen molar-refractivity contribution in [2.75, 3.05) is 6.61 Å². The van der Waals surface area contributed by atoms with Gasteiger partial charge in [0, 0.05) is 7.05 Å². The number of aldehydes is 1. The van der Waals surface area contributed by atoms with Crippen molar-refractivity contribution in [2.24, 2.45) is 7.05 Å². The van der Waals surface area contributed by atoms with Crippen molar-refractivity contribution in [3.8, 4) is 0 Å². The fraction of sp³-hybridized carbons (Fsp3) is 0.214. The lowest BCUT2D eigenvalue weighted by Crippen LogP contribution is -2.10. The molecular weight excluding hydrogens is 258 g/mol. The van der Waals surface area contributed by atoms with Gasteiger partial charge in [-0.15, -0.1) is 0 Å². The molecule has 20 heavy (non-hydrogen) atoms. The average Bonchev–Trinajstić information content (AvgIpc) is 2.96. The second-order valence-corrected chi connectivity index (χ2v) is 4.37. The maximum absolute atomic E-state index is 12.1. The summed E-state index contributed by atoms with van der Waals surface area (Å²) in [4.78, 5) is 27.5. The van der Waals surface area contributed by atoms with Gasteiger partial charge in [-0.3, -0.25) is 9.20 Å². The van der Waals surface area contributed by atoms with Gasteiger partial charge < -0.3 is 9.30 Å². The molecule has 0 spiro atoms. The third-order valence-corrected chi connectivity index (χ3v) is 3.25. The van der Waals surface area contributed by atoms with Crippen LogP contribution in [0.15, 0.2) is 24.3 Å². The highest BCUT2D eigenvalue weighted by atomic mass is 16.5. The van der Waals surface area contributed by atoms with Crippen LogP contribution in [0.5, 0.6) is 0 Å². The minimum atomic E-state index is -0.543. The van der Waals surface area contributed by atoms with Crippen LogP contribution in [0.25, 0.3) is 16.8 Å². The topological polar surface area (TPSA) is 65.6 Å². The SMILES string of the molecule is CCOC(=O)c1c(C=O)nc2n(C)c3ccccc3n12. The van der Waals surface area contributed by atoms with Gasteiger partial charge in [-0.2, -0.15) is 0 Å². The van der Waals surface area contributed by atoms with E-state index in [2.05, 4.69) is 4.98 Å². The highest BCUT2D eigenvalue weighted by molar-refractivity contribution is 5.99. The van der Waals surface area contributed by atoms with E-state index in [0.29, 0.717) is 12.1 Å². The van der Waals surface area contributed by atoms with Gasteiger partial charge in [0.1, 0.15) is 5.69 Å². The smallest absolute Gasteiger partial charge is 0.357 e. The molecule has 2 heterocycles. The Morgan fingerprint density at radius 2 is 2.05 bits per heavy atom. The number of benzene rings is 1. The lowest BCUT2D eigenvalue weighted by Gasteiger charge is -2.01. The zero-order valence-electron chi connectivity index (χ0n) is 11.2. The largest absolute Gasteiger partial charge is 0.461 e. The summed E-state index contributed by atoms with van der Waals surface area (Å²) < 4.78 is 8.53. The van der Waals surface area contributed by atoms with Crippen molar-refractivity contribution in [3.05, 3.63) is 35.7 Å². The lowest BCUT2D eigenvalue weighted by atomic mass is 10.3. The predicted molar refractivity (Wildman–Crippen MR) is 73.0 cm³/mol. The lowest BCUT2D eigenvalue weighted by molar-refractivity contribution is 0.0516. The van der Waals surface area contributed by atoms with Gasteiger partial charge in [0.05, 0.1) is 17.6 Å². The molecule has 0 aliphatic carbocycles. The van der Waals surface area contributed by atoms with Gasteiger partial charge in [0.25, 0.3) is 0 Å². The van der Waals surface area contributed by atoms with Crippen LogP contribution in [0, 0.1) is 0 Å². The van der Waals surface area contributed by atoms with Gasteiger partial charge >= 0.3 is 5.97 Å². The minimum absolute atomic E-state index is 0.0970. The average molecular weight is 271 g/mol. The maximum atomic E-state index is 12.1. The molecule has 2 aromatic heterocycles. The van der Waals surface area contributed by atoms with E-state index in [9.17, 15) is 9.59 Å². The van der Waals surface area contributed by atoms with E-state index in [4.69, 9.17) is 4.74 Å². The van der Waals surface area contributed by atoms with E-state index in [1.807, 2.05) is 35.9 Å². The molecule has 102 valence electrons. The zero-order valence-corrected chi connectivity index (χ0v) is 11.2. The van der Waals surface area contributed by atoms with Crippen molar-refractivity contribution >= 4 is 29.1 Å². The first-order valence-electron chi connectivity index (χ1n) is 6.27. The van der Waals surface area contributed by atoms with Crippen molar-refractivity contribution in [3.63, 3.8) is 0 Å². The van der Waals surface area contributed by atoms with Crippen LogP contribution < -0.4 is 0 Å². The quantitative estimate of drug-likeness (QED) is 0.538. The van der Waals surface area contributed by atoms with Crippen molar-refractivity contribution in [1.82, 2.24) is 14.0 Å². The molecule has 1 aromatic carbocycles. The molecule has 0 aliphatic rings. The first kappa shape index (κ1) is 12.4. The molecule has 6 nitrogen and oxygen atoms in total. The van der Waals surface area contributed by atoms with Crippen molar-refractivity contribution < 1.29 is 14.3 Å². The number of imidazole rings is 2. The number of carbonyl (C=O) groups excluding carboxylic acids is 2. The third-order valence-electron chi connectivity index (χ3n) is 3.25. The number of nitrogens with zero attached hydrogens (tertiary/aromatic N) is 3. The standard InChI is InChI=1S/C14H13N3O3/c1-3-20-13(19)12-9(8-18)15-14-16(2)10-6-4-5-7-11(10)17(12)14/h4-8H,3H2,1-2H3. The third kappa shape index (κ3) is 1.54. The number of hydrogen-bond acceptors (Lipinski definition) is 4. The summed E-state index contributed by atoms with van der Waals surface area (Å²) in [5, 5.41) is 0. The van der Waals surface area contributed by atoms with E-state index in [-0.39, 0.29) is 18.0 Å². The Morgan fingerprint density at radius 3 is 2.70 bits per heavy atom. The van der Waals surface area contributed by atoms with Crippen LogP contribution in [0.4, 0.5) is 0 Å². The number of esters is 1. The fourth-order valence-electron chi connectivity index (χ4n) is 2.40. The van der Waals surface area contributed by atoms with Gasteiger partial charge in [0.15, 0.2) is 12.0 Å². The number of aryl methyl sites for hydroxylation is 1. The van der Waals surface area contributed by atoms with E-state index in [1.165, 1.54) is 0 Å². The molecule has 0 unspecified atom stereocenters. The molecule has 0 atom stereocenters. The Morgan fingerprint density at radius 1 is 1.35 bits per heavy atom. The molecule has 6 heteroatoms. The Labute approximate surface area is 114 Å². The fourth-order valence-corrected chi connectivity index (χ4v) is 2.40. The number of hydrogen-bond donors (Lipinski definition) is 0. The van der Waals surface area contributed by atoms with E-state index in [1.54, 1.807) is 11.3 Å². The zero-order chi connectivity index (χ0) is 14.3. The first-order valence-corrected chi connectivity index (χ1v) is 6.27. The van der Waals surface area contributed by atoms with Crippen LogP contribution >= 0.6 is 0 Å². The first-order chi connectivity index (χ1) is 9.69. The Balaban J connectivity index is 2.44.